The number of benzene rings is 2. The smallest absolute Gasteiger partial charge is 0.314 e. The van der Waals surface area contributed by atoms with Gasteiger partial charge in [-0.1, -0.05) is 49.7 Å². The molecule has 0 aliphatic carbocycles. The molecule has 0 fully saturated rings. The zero-order valence-electron chi connectivity index (χ0n) is 14.0. The van der Waals surface area contributed by atoms with E-state index in [-0.39, 0.29) is 11.6 Å². The van der Waals surface area contributed by atoms with Crippen LogP contribution in [0.1, 0.15) is 25.3 Å². The molecule has 1 amide bonds. The first-order chi connectivity index (χ1) is 11.9. The second-order valence-corrected chi connectivity index (χ2v) is 6.35. The number of nitrogens with one attached hydrogen (secondary N) is 1. The maximum absolute atomic E-state index is 13.5. The Morgan fingerprint density at radius 3 is 2.36 bits per heavy atom. The van der Waals surface area contributed by atoms with Gasteiger partial charge in [-0.15, -0.1) is 0 Å². The van der Waals surface area contributed by atoms with E-state index >= 15 is 0 Å². The summed E-state index contributed by atoms with van der Waals surface area (Å²) >= 11 is 5.87. The van der Waals surface area contributed by atoms with E-state index < -0.39 is 30.2 Å². The Hall–Kier alpha value is -2.40. The fourth-order valence-corrected chi connectivity index (χ4v) is 2.56. The van der Waals surface area contributed by atoms with Crippen molar-refractivity contribution in [3.8, 4) is 0 Å². The monoisotopic (exact) mass is 363 g/mol. The minimum Gasteiger partial charge on any atom is -0.455 e. The van der Waals surface area contributed by atoms with Gasteiger partial charge in [-0.05, 0) is 35.7 Å². The average molecular weight is 364 g/mol. The largest absolute Gasteiger partial charge is 0.455 e. The SMILES string of the molecule is CC(C)[C@@H](C(=O)OCC(=O)Nc1ccccc1F)c1ccc(Cl)cc1. The van der Waals surface area contributed by atoms with Crippen LogP contribution in [0.5, 0.6) is 0 Å². The van der Waals surface area contributed by atoms with Gasteiger partial charge in [0.1, 0.15) is 5.82 Å². The van der Waals surface area contributed by atoms with Gasteiger partial charge in [-0.2, -0.15) is 0 Å². The summed E-state index contributed by atoms with van der Waals surface area (Å²) in [5, 5.41) is 2.95. The third-order valence-electron chi connectivity index (χ3n) is 3.64. The van der Waals surface area contributed by atoms with Crippen LogP contribution in [0.15, 0.2) is 48.5 Å². The molecule has 0 heterocycles. The molecular weight excluding hydrogens is 345 g/mol. The van der Waals surface area contributed by atoms with Crippen LogP contribution < -0.4 is 5.32 Å². The van der Waals surface area contributed by atoms with Crippen LogP contribution in [0.2, 0.25) is 5.02 Å². The first-order valence-electron chi connectivity index (χ1n) is 7.85. The summed E-state index contributed by atoms with van der Waals surface area (Å²) in [7, 11) is 0. The Kier molecular flexibility index (Phi) is 6.53. The van der Waals surface area contributed by atoms with Crippen molar-refractivity contribution in [2.45, 2.75) is 19.8 Å². The molecular formula is C19H19ClFNO3. The number of hydrogen-bond acceptors (Lipinski definition) is 3. The zero-order chi connectivity index (χ0) is 18.4. The van der Waals surface area contributed by atoms with Gasteiger partial charge in [-0.25, -0.2) is 4.39 Å². The van der Waals surface area contributed by atoms with Crippen LogP contribution >= 0.6 is 11.6 Å². The highest BCUT2D eigenvalue weighted by Crippen LogP contribution is 2.27. The lowest BCUT2D eigenvalue weighted by atomic mass is 9.88. The van der Waals surface area contributed by atoms with Crippen LogP contribution in [-0.2, 0) is 14.3 Å². The molecule has 2 aromatic rings. The standard InChI is InChI=1S/C19H19ClFNO3/c1-12(2)18(13-7-9-14(20)10-8-13)19(24)25-11-17(23)22-16-6-4-3-5-15(16)21/h3-10,12,18H,11H2,1-2H3,(H,22,23)/t18-/m1/s1. The fourth-order valence-electron chi connectivity index (χ4n) is 2.44. The van der Waals surface area contributed by atoms with E-state index in [9.17, 15) is 14.0 Å². The van der Waals surface area contributed by atoms with Gasteiger partial charge < -0.3 is 10.1 Å². The number of carbonyl (C=O) groups is 2. The maximum atomic E-state index is 13.5. The molecule has 0 unspecified atom stereocenters. The molecule has 132 valence electrons. The molecule has 0 aliphatic heterocycles. The molecule has 0 saturated heterocycles. The Balaban J connectivity index is 1.98. The van der Waals surface area contributed by atoms with Crippen LogP contribution in [-0.4, -0.2) is 18.5 Å². The summed E-state index contributed by atoms with van der Waals surface area (Å²) < 4.78 is 18.6. The molecule has 4 nitrogen and oxygen atoms in total. The Labute approximate surface area is 150 Å². The number of rotatable bonds is 6. The minimum atomic E-state index is -0.600. The van der Waals surface area contributed by atoms with Crippen LogP contribution in [0.3, 0.4) is 0 Å². The lowest BCUT2D eigenvalue weighted by molar-refractivity contribution is -0.149. The minimum absolute atomic E-state index is 0.0247. The number of para-hydroxylation sites is 1. The highest BCUT2D eigenvalue weighted by Gasteiger charge is 2.26. The second-order valence-electron chi connectivity index (χ2n) is 5.91. The molecule has 1 atom stereocenters. The molecule has 1 N–H and O–H groups in total. The van der Waals surface area contributed by atoms with Crippen molar-refractivity contribution in [3.05, 3.63) is 64.9 Å². The van der Waals surface area contributed by atoms with Crippen molar-refractivity contribution < 1.29 is 18.7 Å². The number of amides is 1. The quantitative estimate of drug-likeness (QED) is 0.774. The van der Waals surface area contributed by atoms with Crippen molar-refractivity contribution in [1.29, 1.82) is 0 Å². The summed E-state index contributed by atoms with van der Waals surface area (Å²) in [6.07, 6.45) is 0. The molecule has 2 aromatic carbocycles. The predicted molar refractivity (Wildman–Crippen MR) is 95.0 cm³/mol. The fraction of sp³-hybridized carbons (Fsp3) is 0.263. The molecule has 0 bridgehead atoms. The van der Waals surface area contributed by atoms with E-state index in [4.69, 9.17) is 16.3 Å². The third-order valence-corrected chi connectivity index (χ3v) is 3.90. The van der Waals surface area contributed by atoms with Crippen molar-refractivity contribution in [2.75, 3.05) is 11.9 Å². The topological polar surface area (TPSA) is 55.4 Å². The van der Waals surface area contributed by atoms with E-state index in [0.29, 0.717) is 5.02 Å². The number of halogens is 2. The van der Waals surface area contributed by atoms with E-state index in [1.54, 1.807) is 30.3 Å². The van der Waals surface area contributed by atoms with Gasteiger partial charge in [0.05, 0.1) is 11.6 Å². The molecule has 0 radical (unpaired) electrons. The number of esters is 1. The van der Waals surface area contributed by atoms with Crippen LogP contribution in [0, 0.1) is 11.7 Å². The van der Waals surface area contributed by atoms with Gasteiger partial charge in [0.2, 0.25) is 0 Å². The summed E-state index contributed by atoms with van der Waals surface area (Å²) in [5.74, 6) is -2.21. The van der Waals surface area contributed by atoms with Crippen molar-refractivity contribution in [3.63, 3.8) is 0 Å². The molecule has 6 heteroatoms. The highest BCUT2D eigenvalue weighted by atomic mass is 35.5. The first-order valence-corrected chi connectivity index (χ1v) is 8.22. The highest BCUT2D eigenvalue weighted by molar-refractivity contribution is 6.30. The third kappa shape index (κ3) is 5.29. The van der Waals surface area contributed by atoms with Gasteiger partial charge in [-0.3, -0.25) is 9.59 Å². The lowest BCUT2D eigenvalue weighted by Gasteiger charge is -2.20. The molecule has 0 aromatic heterocycles. The van der Waals surface area contributed by atoms with E-state index in [2.05, 4.69) is 5.32 Å². The number of ether oxygens (including phenoxy) is 1. The summed E-state index contributed by atoms with van der Waals surface area (Å²) in [5.41, 5.74) is 0.806. The number of carbonyl (C=O) groups excluding carboxylic acids is 2. The Morgan fingerprint density at radius 2 is 1.76 bits per heavy atom. The zero-order valence-corrected chi connectivity index (χ0v) is 14.7. The van der Waals surface area contributed by atoms with Gasteiger partial charge in [0, 0.05) is 5.02 Å². The second kappa shape index (κ2) is 8.62. The van der Waals surface area contributed by atoms with Gasteiger partial charge >= 0.3 is 5.97 Å². The van der Waals surface area contributed by atoms with Gasteiger partial charge in [0.15, 0.2) is 6.61 Å². The molecule has 0 saturated carbocycles. The van der Waals surface area contributed by atoms with Crippen molar-refractivity contribution in [2.24, 2.45) is 5.92 Å². The summed E-state index contributed by atoms with van der Waals surface area (Å²) in [6, 6.07) is 12.7. The van der Waals surface area contributed by atoms with Crippen molar-refractivity contribution in [1.82, 2.24) is 0 Å². The Bertz CT molecular complexity index is 747. The maximum Gasteiger partial charge on any atom is 0.314 e. The number of hydrogen-bond donors (Lipinski definition) is 1. The molecule has 0 spiro atoms. The summed E-state index contributed by atoms with van der Waals surface area (Å²) in [6.45, 7) is 3.30. The van der Waals surface area contributed by atoms with Crippen molar-refractivity contribution >= 4 is 29.2 Å². The van der Waals surface area contributed by atoms with E-state index in [1.165, 1.54) is 18.2 Å². The first kappa shape index (κ1) is 18.9. The van der Waals surface area contributed by atoms with Crippen LogP contribution in [0.4, 0.5) is 10.1 Å². The summed E-state index contributed by atoms with van der Waals surface area (Å²) in [4.78, 5) is 24.3. The van der Waals surface area contributed by atoms with Crippen LogP contribution in [0.25, 0.3) is 0 Å². The van der Waals surface area contributed by atoms with Gasteiger partial charge in [0.25, 0.3) is 5.91 Å². The molecule has 2 rings (SSSR count). The average Bonchev–Trinajstić information content (AvgIpc) is 2.57. The normalized spacial score (nSPS) is 11.9. The lowest BCUT2D eigenvalue weighted by Crippen LogP contribution is -2.26. The number of anilines is 1. The molecule has 25 heavy (non-hydrogen) atoms. The molecule has 0 aliphatic rings. The Morgan fingerprint density at radius 1 is 1.12 bits per heavy atom. The predicted octanol–water partition coefficient (Wildman–Crippen LogP) is 4.40. The van der Waals surface area contributed by atoms with E-state index in [0.717, 1.165) is 5.56 Å². The van der Waals surface area contributed by atoms with E-state index in [1.807, 2.05) is 13.8 Å².